The van der Waals surface area contributed by atoms with E-state index < -0.39 is 58.1 Å². The number of hydrogen-bond acceptors (Lipinski definition) is 13. The van der Waals surface area contributed by atoms with Crippen molar-refractivity contribution in [1.29, 1.82) is 0 Å². The van der Waals surface area contributed by atoms with Crippen LogP contribution in [0.2, 0.25) is 0 Å². The molecule has 0 aromatic heterocycles. The van der Waals surface area contributed by atoms with Gasteiger partial charge in [0.2, 0.25) is 0 Å². The van der Waals surface area contributed by atoms with Crippen LogP contribution in [-0.4, -0.2) is 64.7 Å². The average Bonchev–Trinajstić information content (AvgIpc) is 3.00. The lowest BCUT2D eigenvalue weighted by Crippen LogP contribution is -2.33. The van der Waals surface area contributed by atoms with Gasteiger partial charge >= 0.3 is 17.9 Å². The van der Waals surface area contributed by atoms with Crippen LogP contribution in [0.1, 0.15) is 38.0 Å². The Labute approximate surface area is 242 Å². The number of nitro benzene ring substituents is 3. The normalized spacial score (nSPS) is 11.3. The zero-order chi connectivity index (χ0) is 31.5. The summed E-state index contributed by atoms with van der Waals surface area (Å²) in [6, 6.07) is 14.0. The smallest absolute Gasteiger partial charge is 0.338 e. The van der Waals surface area contributed by atoms with Crippen molar-refractivity contribution < 1.29 is 48.1 Å². The number of carbonyl (C=O) groups is 3. The van der Waals surface area contributed by atoms with E-state index >= 15 is 0 Å². The molecule has 0 saturated heterocycles. The number of non-ortho nitro benzene ring substituents is 3. The first-order valence-corrected chi connectivity index (χ1v) is 12.3. The van der Waals surface area contributed by atoms with Gasteiger partial charge in [0.1, 0.15) is 25.9 Å². The highest BCUT2D eigenvalue weighted by atomic mass is 16.6. The predicted octanol–water partition coefficient (Wildman–Crippen LogP) is 4.06. The first-order valence-electron chi connectivity index (χ1n) is 12.3. The second-order valence-electron chi connectivity index (χ2n) is 8.78. The van der Waals surface area contributed by atoms with E-state index in [1.165, 1.54) is 43.3 Å². The average molecular weight is 597 g/mol. The second kappa shape index (κ2) is 14.7. The van der Waals surface area contributed by atoms with Gasteiger partial charge in [0.15, 0.2) is 0 Å². The highest BCUT2D eigenvalue weighted by Crippen LogP contribution is 2.16. The summed E-state index contributed by atoms with van der Waals surface area (Å²) in [7, 11) is 0. The van der Waals surface area contributed by atoms with Gasteiger partial charge in [-0.2, -0.15) is 0 Å². The van der Waals surface area contributed by atoms with E-state index in [1.807, 2.05) is 0 Å². The van der Waals surface area contributed by atoms with Crippen molar-refractivity contribution in [3.63, 3.8) is 0 Å². The van der Waals surface area contributed by atoms with Gasteiger partial charge in [-0.1, -0.05) is 0 Å². The Hall–Kier alpha value is -5.77. The van der Waals surface area contributed by atoms with Gasteiger partial charge < -0.3 is 18.9 Å². The maximum absolute atomic E-state index is 12.5. The van der Waals surface area contributed by atoms with Crippen molar-refractivity contribution in [2.45, 2.75) is 19.1 Å². The molecule has 43 heavy (non-hydrogen) atoms. The Morgan fingerprint density at radius 2 is 0.837 bits per heavy atom. The SMILES string of the molecule is C[C@@H](COC(=O)c1ccc([N+](=O)[O-])cc1)OC(COC(=O)c1ccc([N+](=O)[O-])cc1)COC(=O)c1ccc([N+](=O)[O-])cc1. The van der Waals surface area contributed by atoms with E-state index in [1.54, 1.807) is 0 Å². The number of ether oxygens (including phenoxy) is 4. The maximum Gasteiger partial charge on any atom is 0.338 e. The van der Waals surface area contributed by atoms with Crippen LogP contribution < -0.4 is 0 Å². The first-order chi connectivity index (χ1) is 20.4. The quantitative estimate of drug-likeness (QED) is 0.111. The van der Waals surface area contributed by atoms with Crippen molar-refractivity contribution in [1.82, 2.24) is 0 Å². The molecule has 0 amide bonds. The van der Waals surface area contributed by atoms with Crippen LogP contribution >= 0.6 is 0 Å². The van der Waals surface area contributed by atoms with Crippen LogP contribution in [0.5, 0.6) is 0 Å². The molecule has 16 nitrogen and oxygen atoms in total. The number of nitro groups is 3. The molecule has 3 aromatic rings. The van der Waals surface area contributed by atoms with Crippen molar-refractivity contribution >= 4 is 35.0 Å². The molecule has 0 bridgehead atoms. The topological polar surface area (TPSA) is 218 Å². The lowest BCUT2D eigenvalue weighted by atomic mass is 10.2. The number of rotatable bonds is 14. The van der Waals surface area contributed by atoms with Crippen molar-refractivity contribution in [2.75, 3.05) is 19.8 Å². The molecule has 0 radical (unpaired) electrons. The van der Waals surface area contributed by atoms with E-state index in [0.717, 1.165) is 36.4 Å². The summed E-state index contributed by atoms with van der Waals surface area (Å²) >= 11 is 0. The fraction of sp³-hybridized carbons (Fsp3) is 0.222. The summed E-state index contributed by atoms with van der Waals surface area (Å²) in [5.74, 6) is -2.47. The molecular formula is C27H23N3O13. The molecule has 0 aliphatic carbocycles. The zero-order valence-corrected chi connectivity index (χ0v) is 22.4. The van der Waals surface area contributed by atoms with Gasteiger partial charge in [0.25, 0.3) is 17.1 Å². The largest absolute Gasteiger partial charge is 0.459 e. The Morgan fingerprint density at radius 1 is 0.558 bits per heavy atom. The summed E-state index contributed by atoms with van der Waals surface area (Å²) < 4.78 is 21.4. The van der Waals surface area contributed by atoms with E-state index in [4.69, 9.17) is 18.9 Å². The molecule has 16 heteroatoms. The molecule has 0 saturated carbocycles. The molecule has 3 aromatic carbocycles. The molecule has 1 atom stereocenters. The maximum atomic E-state index is 12.5. The molecule has 0 spiro atoms. The minimum absolute atomic E-state index is 0.0114. The standard InChI is InChI=1S/C27H23N3O13/c1-17(14-40-25(31)18-2-8-21(9-3-18)28(34)35)43-24(15-41-26(32)19-4-10-22(11-5-19)29(36)37)16-42-27(33)20-6-12-23(13-7-20)30(38)39/h2-13,17,24H,14-16H2,1H3/t17-/m0/s1. The molecule has 224 valence electrons. The highest BCUT2D eigenvalue weighted by molar-refractivity contribution is 5.90. The van der Waals surface area contributed by atoms with Crippen molar-refractivity contribution in [3.05, 3.63) is 120 Å². The van der Waals surface area contributed by atoms with Crippen LogP contribution in [0, 0.1) is 30.3 Å². The molecule has 0 aliphatic heterocycles. The van der Waals surface area contributed by atoms with Gasteiger partial charge in [-0.15, -0.1) is 0 Å². The Balaban J connectivity index is 1.62. The summed E-state index contributed by atoms with van der Waals surface area (Å²) in [6.45, 7) is 0.347. The van der Waals surface area contributed by atoms with Gasteiger partial charge in [-0.25, -0.2) is 14.4 Å². The fourth-order valence-corrected chi connectivity index (χ4v) is 3.43. The number of esters is 3. The molecule has 0 aliphatic rings. The predicted molar refractivity (Wildman–Crippen MR) is 144 cm³/mol. The van der Waals surface area contributed by atoms with Crippen molar-refractivity contribution in [2.24, 2.45) is 0 Å². The van der Waals surface area contributed by atoms with Gasteiger partial charge in [0, 0.05) is 36.4 Å². The number of nitrogens with zero attached hydrogens (tertiary/aromatic N) is 3. The highest BCUT2D eigenvalue weighted by Gasteiger charge is 2.22. The zero-order valence-electron chi connectivity index (χ0n) is 22.4. The lowest BCUT2D eigenvalue weighted by molar-refractivity contribution is -0.385. The fourth-order valence-electron chi connectivity index (χ4n) is 3.43. The summed E-state index contributed by atoms with van der Waals surface area (Å²) in [4.78, 5) is 67.9. The van der Waals surface area contributed by atoms with Crippen LogP contribution in [0.3, 0.4) is 0 Å². The Bertz CT molecular complexity index is 1420. The number of hydrogen-bond donors (Lipinski definition) is 0. The van der Waals surface area contributed by atoms with E-state index in [-0.39, 0.29) is 40.4 Å². The Morgan fingerprint density at radius 3 is 1.12 bits per heavy atom. The summed E-state index contributed by atoms with van der Waals surface area (Å²) in [5.41, 5.74) is -0.582. The van der Waals surface area contributed by atoms with Crippen LogP contribution in [0.25, 0.3) is 0 Å². The first kappa shape index (κ1) is 31.8. The molecule has 0 unspecified atom stereocenters. The molecule has 0 N–H and O–H groups in total. The number of carbonyl (C=O) groups excluding carboxylic acids is 3. The lowest BCUT2D eigenvalue weighted by Gasteiger charge is -2.22. The van der Waals surface area contributed by atoms with Crippen LogP contribution in [0.4, 0.5) is 17.1 Å². The monoisotopic (exact) mass is 597 g/mol. The van der Waals surface area contributed by atoms with E-state index in [2.05, 4.69) is 0 Å². The summed E-state index contributed by atoms with van der Waals surface area (Å²) in [5, 5.41) is 32.5. The second-order valence-corrected chi connectivity index (χ2v) is 8.78. The van der Waals surface area contributed by atoms with Crippen LogP contribution in [-0.2, 0) is 18.9 Å². The molecular weight excluding hydrogens is 574 g/mol. The van der Waals surface area contributed by atoms with Gasteiger partial charge in [0.05, 0.1) is 37.6 Å². The van der Waals surface area contributed by atoms with Crippen LogP contribution in [0.15, 0.2) is 72.8 Å². The molecule has 0 fully saturated rings. The third kappa shape index (κ3) is 9.39. The minimum Gasteiger partial charge on any atom is -0.459 e. The van der Waals surface area contributed by atoms with E-state index in [9.17, 15) is 44.7 Å². The van der Waals surface area contributed by atoms with Crippen molar-refractivity contribution in [3.8, 4) is 0 Å². The van der Waals surface area contributed by atoms with Gasteiger partial charge in [-0.3, -0.25) is 30.3 Å². The number of benzene rings is 3. The third-order valence-electron chi connectivity index (χ3n) is 5.62. The third-order valence-corrected chi connectivity index (χ3v) is 5.62. The minimum atomic E-state index is -1.07. The molecule has 0 heterocycles. The van der Waals surface area contributed by atoms with Gasteiger partial charge in [-0.05, 0) is 43.3 Å². The summed E-state index contributed by atoms with van der Waals surface area (Å²) in [6.07, 6.45) is -1.89. The molecule has 3 rings (SSSR count). The van der Waals surface area contributed by atoms with E-state index in [0.29, 0.717) is 0 Å². The Kier molecular flexibility index (Phi) is 10.9.